The molecule has 0 radical (unpaired) electrons. The minimum absolute atomic E-state index is 0.0693. The number of furan rings is 1. The molecule has 0 spiro atoms. The Balaban J connectivity index is 1.74. The van der Waals surface area contributed by atoms with Crippen LogP contribution in [0.2, 0.25) is 0 Å². The van der Waals surface area contributed by atoms with Gasteiger partial charge in [-0.05, 0) is 31.3 Å². The molecule has 120 valence electrons. The van der Waals surface area contributed by atoms with E-state index in [0.717, 1.165) is 44.1 Å². The lowest BCUT2D eigenvalue weighted by Crippen LogP contribution is -2.51. The van der Waals surface area contributed by atoms with Gasteiger partial charge in [0.2, 0.25) is 0 Å². The van der Waals surface area contributed by atoms with Crippen LogP contribution < -0.4 is 5.73 Å². The van der Waals surface area contributed by atoms with Crippen LogP contribution in [0.4, 0.5) is 0 Å². The van der Waals surface area contributed by atoms with Gasteiger partial charge in [-0.3, -0.25) is 5.73 Å². The smallest absolute Gasteiger partial charge is 0.144 e. The van der Waals surface area contributed by atoms with Gasteiger partial charge in [0.25, 0.3) is 0 Å². The maximum absolute atomic E-state index is 6.51. The van der Waals surface area contributed by atoms with Crippen LogP contribution in [0, 0.1) is 5.92 Å². The monoisotopic (exact) mass is 303 g/mol. The molecule has 1 fully saturated rings. The summed E-state index contributed by atoms with van der Waals surface area (Å²) in [6.07, 6.45) is 8.81. The van der Waals surface area contributed by atoms with E-state index < -0.39 is 5.72 Å². The topological polar surface area (TPSA) is 54.9 Å². The average Bonchev–Trinajstić information content (AvgIpc) is 3.03. The van der Waals surface area contributed by atoms with Gasteiger partial charge in [-0.1, -0.05) is 6.08 Å². The summed E-state index contributed by atoms with van der Waals surface area (Å²) in [4.78, 5) is 4.72. The van der Waals surface area contributed by atoms with E-state index in [2.05, 4.69) is 35.1 Å². The zero-order chi connectivity index (χ0) is 15.6. The van der Waals surface area contributed by atoms with Crippen LogP contribution in [0.5, 0.6) is 0 Å². The van der Waals surface area contributed by atoms with Gasteiger partial charge in [0.15, 0.2) is 0 Å². The number of hydrogen-bond donors (Lipinski definition) is 1. The number of nitrogens with two attached hydrogens (primary N) is 1. The first kappa shape index (κ1) is 15.3. The lowest BCUT2D eigenvalue weighted by Gasteiger charge is -2.40. The zero-order valence-corrected chi connectivity index (χ0v) is 13.4. The number of nitrogens with zero attached hydrogens (tertiary/aromatic N) is 2. The highest BCUT2D eigenvalue weighted by Crippen LogP contribution is 2.30. The first-order valence-corrected chi connectivity index (χ1v) is 7.82. The van der Waals surface area contributed by atoms with Crippen molar-refractivity contribution in [3.8, 4) is 0 Å². The Bertz CT molecular complexity index is 544. The van der Waals surface area contributed by atoms with Crippen molar-refractivity contribution >= 4 is 0 Å². The lowest BCUT2D eigenvalue weighted by molar-refractivity contribution is -0.00226. The van der Waals surface area contributed by atoms with Gasteiger partial charge < -0.3 is 19.0 Å². The standard InChI is InChI=1S/C17H25N3O2/c1-19-7-9-20(10-8-19)15-6-5-14(17(18,13-15)21-2)12-16-4-3-11-22-16/h3-6,11,13-14H,7-10,12,18H2,1-2H3. The third-order valence-electron chi connectivity index (χ3n) is 4.68. The minimum atomic E-state index is -0.791. The summed E-state index contributed by atoms with van der Waals surface area (Å²) in [5.74, 6) is 0.998. The average molecular weight is 303 g/mol. The maximum atomic E-state index is 6.51. The van der Waals surface area contributed by atoms with E-state index in [1.807, 2.05) is 12.1 Å². The van der Waals surface area contributed by atoms with E-state index in [9.17, 15) is 0 Å². The molecular formula is C17H25N3O2. The molecule has 3 rings (SSSR count). The largest absolute Gasteiger partial charge is 0.469 e. The molecule has 1 aliphatic heterocycles. The fourth-order valence-electron chi connectivity index (χ4n) is 3.10. The van der Waals surface area contributed by atoms with E-state index in [4.69, 9.17) is 14.9 Å². The Morgan fingerprint density at radius 2 is 2.14 bits per heavy atom. The highest BCUT2D eigenvalue weighted by atomic mass is 16.5. The van der Waals surface area contributed by atoms with Gasteiger partial charge in [0.1, 0.15) is 11.5 Å². The second kappa shape index (κ2) is 6.28. The van der Waals surface area contributed by atoms with E-state index >= 15 is 0 Å². The molecular weight excluding hydrogens is 278 g/mol. The third kappa shape index (κ3) is 3.11. The summed E-state index contributed by atoms with van der Waals surface area (Å²) in [5.41, 5.74) is 6.88. The van der Waals surface area contributed by atoms with Gasteiger partial charge in [-0.25, -0.2) is 0 Å². The van der Waals surface area contributed by atoms with E-state index in [-0.39, 0.29) is 5.92 Å². The van der Waals surface area contributed by atoms with Gasteiger partial charge in [-0.2, -0.15) is 0 Å². The molecule has 1 aliphatic carbocycles. The Labute approximate surface area is 132 Å². The predicted molar refractivity (Wildman–Crippen MR) is 86.1 cm³/mol. The normalized spacial score (nSPS) is 29.7. The molecule has 2 atom stereocenters. The maximum Gasteiger partial charge on any atom is 0.144 e. The number of rotatable bonds is 4. The highest BCUT2D eigenvalue weighted by Gasteiger charge is 2.35. The molecule has 1 saturated heterocycles. The van der Waals surface area contributed by atoms with Crippen LogP contribution in [0.3, 0.4) is 0 Å². The number of allylic oxidation sites excluding steroid dienone is 1. The minimum Gasteiger partial charge on any atom is -0.469 e. The molecule has 5 heteroatoms. The van der Waals surface area contributed by atoms with Gasteiger partial charge in [0.05, 0.1) is 6.26 Å². The Hall–Kier alpha value is -1.56. The molecule has 22 heavy (non-hydrogen) atoms. The number of hydrogen-bond acceptors (Lipinski definition) is 5. The van der Waals surface area contributed by atoms with E-state index in [1.54, 1.807) is 13.4 Å². The van der Waals surface area contributed by atoms with Crippen molar-refractivity contribution in [3.63, 3.8) is 0 Å². The van der Waals surface area contributed by atoms with Crippen LogP contribution in [-0.4, -0.2) is 55.9 Å². The molecule has 2 heterocycles. The molecule has 2 aliphatic rings. The van der Waals surface area contributed by atoms with Crippen molar-refractivity contribution in [3.05, 3.63) is 48.1 Å². The molecule has 2 unspecified atom stereocenters. The summed E-state index contributed by atoms with van der Waals surface area (Å²) in [6.45, 7) is 4.20. The third-order valence-corrected chi connectivity index (χ3v) is 4.68. The SMILES string of the molecule is COC1(N)C=C(N2CCN(C)CC2)C=CC1Cc1ccco1. The van der Waals surface area contributed by atoms with Crippen LogP contribution in [0.1, 0.15) is 5.76 Å². The molecule has 1 aromatic heterocycles. The Morgan fingerprint density at radius 1 is 1.36 bits per heavy atom. The quantitative estimate of drug-likeness (QED) is 0.853. The molecule has 2 N–H and O–H groups in total. The van der Waals surface area contributed by atoms with E-state index in [1.165, 1.54) is 0 Å². The van der Waals surface area contributed by atoms with Gasteiger partial charge in [-0.15, -0.1) is 0 Å². The van der Waals surface area contributed by atoms with Gasteiger partial charge in [0, 0.05) is 51.3 Å². The molecule has 0 aromatic carbocycles. The molecule has 0 amide bonds. The van der Waals surface area contributed by atoms with Crippen LogP contribution in [0.25, 0.3) is 0 Å². The summed E-state index contributed by atoms with van der Waals surface area (Å²) < 4.78 is 11.1. The number of likely N-dealkylation sites (N-methyl/N-ethyl adjacent to an activating group) is 1. The van der Waals surface area contributed by atoms with Crippen molar-refractivity contribution in [2.75, 3.05) is 40.3 Å². The molecule has 1 aromatic rings. The van der Waals surface area contributed by atoms with Crippen molar-refractivity contribution in [2.24, 2.45) is 11.7 Å². The van der Waals surface area contributed by atoms with Crippen molar-refractivity contribution in [2.45, 2.75) is 12.1 Å². The fraction of sp³-hybridized carbons (Fsp3) is 0.529. The van der Waals surface area contributed by atoms with Crippen molar-refractivity contribution < 1.29 is 9.15 Å². The fourth-order valence-corrected chi connectivity index (χ4v) is 3.10. The predicted octanol–water partition coefficient (Wildman–Crippen LogP) is 1.44. The van der Waals surface area contributed by atoms with E-state index in [0.29, 0.717) is 0 Å². The summed E-state index contributed by atoms with van der Waals surface area (Å²) in [5, 5.41) is 0. The molecule has 0 bridgehead atoms. The van der Waals surface area contributed by atoms with Gasteiger partial charge >= 0.3 is 0 Å². The number of ether oxygens (including phenoxy) is 1. The van der Waals surface area contributed by atoms with Crippen LogP contribution in [-0.2, 0) is 11.2 Å². The second-order valence-electron chi connectivity index (χ2n) is 6.17. The van der Waals surface area contributed by atoms with Crippen molar-refractivity contribution in [1.29, 1.82) is 0 Å². The Morgan fingerprint density at radius 3 is 2.77 bits per heavy atom. The summed E-state index contributed by atoms with van der Waals surface area (Å²) in [7, 11) is 3.83. The van der Waals surface area contributed by atoms with Crippen LogP contribution in [0.15, 0.2) is 46.7 Å². The summed E-state index contributed by atoms with van der Waals surface area (Å²) >= 11 is 0. The number of piperazine rings is 1. The van der Waals surface area contributed by atoms with Crippen molar-refractivity contribution in [1.82, 2.24) is 9.80 Å². The lowest BCUT2D eigenvalue weighted by atomic mass is 9.86. The first-order valence-electron chi connectivity index (χ1n) is 7.82. The number of methoxy groups -OCH3 is 1. The molecule has 0 saturated carbocycles. The molecule has 5 nitrogen and oxygen atoms in total. The zero-order valence-electron chi connectivity index (χ0n) is 13.4. The van der Waals surface area contributed by atoms with Crippen LogP contribution >= 0.6 is 0 Å². The Kier molecular flexibility index (Phi) is 4.38. The highest BCUT2D eigenvalue weighted by molar-refractivity contribution is 5.30. The first-order chi connectivity index (χ1) is 10.6. The second-order valence-corrected chi connectivity index (χ2v) is 6.17. The summed E-state index contributed by atoms with van der Waals surface area (Å²) in [6, 6.07) is 3.88.